The molecule has 0 atom stereocenters. The van der Waals surface area contributed by atoms with Gasteiger partial charge >= 0.3 is 11.8 Å². The summed E-state index contributed by atoms with van der Waals surface area (Å²) in [4.78, 5) is 36.7. The topological polar surface area (TPSA) is 76.8 Å². The van der Waals surface area contributed by atoms with Gasteiger partial charge in [0.1, 0.15) is 11.3 Å². The predicted octanol–water partition coefficient (Wildman–Crippen LogP) is 5.57. The maximum Gasteiger partial charge on any atom is 0.417 e. The van der Waals surface area contributed by atoms with Gasteiger partial charge in [-0.2, -0.15) is 13.2 Å². The lowest BCUT2D eigenvalue weighted by atomic mass is 9.95. The molecular formula is C23H26F3NO5S. The second-order valence-corrected chi connectivity index (χ2v) is 8.78. The van der Waals surface area contributed by atoms with Crippen molar-refractivity contribution in [3.8, 4) is 5.75 Å². The second-order valence-electron chi connectivity index (χ2n) is 7.85. The van der Waals surface area contributed by atoms with Crippen LogP contribution in [0.4, 0.5) is 18.0 Å². The lowest BCUT2D eigenvalue weighted by Gasteiger charge is -2.20. The second kappa shape index (κ2) is 10.6. The first-order valence-corrected chi connectivity index (χ1v) is 12.0. The number of ether oxygens (including phenoxy) is 1. The molecule has 0 N–H and O–H groups in total. The van der Waals surface area contributed by atoms with Crippen molar-refractivity contribution >= 4 is 33.9 Å². The number of imide groups is 1. The number of amides is 2. The zero-order valence-corrected chi connectivity index (χ0v) is 19.4. The lowest BCUT2D eigenvalue weighted by Crippen LogP contribution is -2.30. The molecule has 2 heterocycles. The highest BCUT2D eigenvalue weighted by Gasteiger charge is 2.35. The molecule has 180 valence electrons. The van der Waals surface area contributed by atoms with Crippen molar-refractivity contribution in [2.45, 2.75) is 58.5 Å². The van der Waals surface area contributed by atoms with Crippen molar-refractivity contribution in [1.82, 2.24) is 4.90 Å². The molecule has 10 heteroatoms. The van der Waals surface area contributed by atoms with E-state index >= 15 is 0 Å². The van der Waals surface area contributed by atoms with E-state index in [1.165, 1.54) is 11.0 Å². The molecule has 0 saturated carbocycles. The molecule has 1 aromatic heterocycles. The molecule has 1 saturated heterocycles. The summed E-state index contributed by atoms with van der Waals surface area (Å²) in [5, 5.41) is -0.434. The third-order valence-corrected chi connectivity index (χ3v) is 6.23. The van der Waals surface area contributed by atoms with E-state index in [-0.39, 0.29) is 41.0 Å². The number of carbonyl (C=O) groups excluding carboxylic acids is 2. The number of aryl methyl sites for hydroxylation is 2. The number of benzene rings is 1. The Hall–Kier alpha value is -2.49. The van der Waals surface area contributed by atoms with Gasteiger partial charge in [-0.15, -0.1) is 0 Å². The molecular weight excluding hydrogens is 459 g/mol. The minimum Gasteiger partial charge on any atom is -0.493 e. The van der Waals surface area contributed by atoms with Crippen LogP contribution in [0.5, 0.6) is 5.75 Å². The van der Waals surface area contributed by atoms with Crippen LogP contribution in [0.2, 0.25) is 0 Å². The first-order chi connectivity index (χ1) is 15.7. The monoisotopic (exact) mass is 485 g/mol. The molecule has 6 nitrogen and oxygen atoms in total. The molecule has 0 aliphatic carbocycles. The van der Waals surface area contributed by atoms with Crippen LogP contribution in [0.15, 0.2) is 21.3 Å². The van der Waals surface area contributed by atoms with Crippen molar-refractivity contribution < 1.29 is 31.9 Å². The number of thioether (sulfide) groups is 1. The highest BCUT2D eigenvalue weighted by Crippen LogP contribution is 2.40. The fourth-order valence-electron chi connectivity index (χ4n) is 3.85. The van der Waals surface area contributed by atoms with Crippen molar-refractivity contribution in [3.05, 3.63) is 39.2 Å². The zero-order chi connectivity index (χ0) is 24.2. The maximum atomic E-state index is 13.7. The number of fused-ring (bicyclic) bond motifs is 1. The molecule has 0 unspecified atom stereocenters. The third kappa shape index (κ3) is 5.72. The number of alkyl halides is 3. The van der Waals surface area contributed by atoms with Crippen molar-refractivity contribution in [1.29, 1.82) is 0 Å². The molecule has 1 fully saturated rings. The van der Waals surface area contributed by atoms with E-state index in [0.717, 1.165) is 18.2 Å². The van der Waals surface area contributed by atoms with Gasteiger partial charge in [0.05, 0.1) is 17.9 Å². The van der Waals surface area contributed by atoms with Crippen LogP contribution in [0.1, 0.15) is 56.2 Å². The molecule has 0 radical (unpaired) electrons. The Morgan fingerprint density at radius 1 is 1.09 bits per heavy atom. The lowest BCUT2D eigenvalue weighted by molar-refractivity contribution is -0.136. The molecule has 2 amide bonds. The molecule has 33 heavy (non-hydrogen) atoms. The number of hydrogen-bond acceptors (Lipinski definition) is 6. The summed E-state index contributed by atoms with van der Waals surface area (Å²) in [5.41, 5.74) is -1.12. The Kier molecular flexibility index (Phi) is 8.10. The van der Waals surface area contributed by atoms with Crippen molar-refractivity contribution in [2.75, 3.05) is 18.9 Å². The smallest absolute Gasteiger partial charge is 0.417 e. The molecule has 2 aromatic rings. The Morgan fingerprint density at radius 2 is 1.85 bits per heavy atom. The fourth-order valence-corrected chi connectivity index (χ4v) is 4.60. The number of nitrogens with zero attached hydrogens (tertiary/aromatic N) is 1. The standard InChI is InChI=1S/C23H26F3NO5S/c1-3-5-8-15-20(31-10-6-9-27-18(28)13-33-22(27)30)14(7-4-2)11-16-17(23(24,25)26)12-19(29)32-21(15)16/h11-12H,3-10,13H2,1-2H3. The van der Waals surface area contributed by atoms with Crippen LogP contribution in [0.25, 0.3) is 11.0 Å². The minimum absolute atomic E-state index is 0.0978. The van der Waals surface area contributed by atoms with Gasteiger partial charge in [-0.3, -0.25) is 14.5 Å². The maximum absolute atomic E-state index is 13.7. The Morgan fingerprint density at radius 3 is 2.45 bits per heavy atom. The van der Waals surface area contributed by atoms with E-state index in [2.05, 4.69) is 0 Å². The average molecular weight is 486 g/mol. The van der Waals surface area contributed by atoms with Crippen LogP contribution in [-0.2, 0) is 23.8 Å². The summed E-state index contributed by atoms with van der Waals surface area (Å²) in [7, 11) is 0. The quantitative estimate of drug-likeness (QED) is 0.323. The van der Waals surface area contributed by atoms with Crippen LogP contribution in [0, 0.1) is 0 Å². The third-order valence-electron chi connectivity index (χ3n) is 5.38. The minimum atomic E-state index is -4.70. The van der Waals surface area contributed by atoms with Crippen LogP contribution >= 0.6 is 11.8 Å². The summed E-state index contributed by atoms with van der Waals surface area (Å²) in [6.07, 6.45) is -1.30. The first kappa shape index (κ1) is 25.1. The molecule has 1 aliphatic rings. The molecule has 3 rings (SSSR count). The van der Waals surface area contributed by atoms with Gasteiger partial charge in [0.25, 0.3) is 5.24 Å². The van der Waals surface area contributed by atoms with E-state index in [1.807, 2.05) is 13.8 Å². The number of rotatable bonds is 10. The van der Waals surface area contributed by atoms with E-state index in [9.17, 15) is 27.6 Å². The number of hydrogen-bond donors (Lipinski definition) is 0. The van der Waals surface area contributed by atoms with Crippen molar-refractivity contribution in [2.24, 2.45) is 0 Å². The summed E-state index contributed by atoms with van der Waals surface area (Å²) in [6.45, 7) is 4.24. The van der Waals surface area contributed by atoms with Gasteiger partial charge in [0, 0.05) is 23.6 Å². The number of carbonyl (C=O) groups is 2. The van der Waals surface area contributed by atoms with Gasteiger partial charge in [-0.25, -0.2) is 4.79 Å². The average Bonchev–Trinajstić information content (AvgIpc) is 3.07. The van der Waals surface area contributed by atoms with Crippen molar-refractivity contribution in [3.63, 3.8) is 0 Å². The van der Waals surface area contributed by atoms with E-state index in [0.29, 0.717) is 55.0 Å². The van der Waals surface area contributed by atoms with E-state index in [1.54, 1.807) is 0 Å². The van der Waals surface area contributed by atoms with Crippen LogP contribution < -0.4 is 10.4 Å². The van der Waals surface area contributed by atoms with Gasteiger partial charge < -0.3 is 9.15 Å². The predicted molar refractivity (Wildman–Crippen MR) is 120 cm³/mol. The number of unbranched alkanes of at least 4 members (excludes halogenated alkanes) is 1. The Bertz CT molecular complexity index is 1080. The highest BCUT2D eigenvalue weighted by molar-refractivity contribution is 8.14. The highest BCUT2D eigenvalue weighted by atomic mass is 32.2. The molecule has 0 spiro atoms. The SMILES string of the molecule is CCCCc1c(OCCCN2C(=O)CSC2=O)c(CCC)cc2c(C(F)(F)F)cc(=O)oc12. The molecule has 1 aromatic carbocycles. The summed E-state index contributed by atoms with van der Waals surface area (Å²) < 4.78 is 52.4. The normalized spacial score (nSPS) is 14.5. The molecule has 1 aliphatic heterocycles. The Balaban J connectivity index is 2.00. The zero-order valence-electron chi connectivity index (χ0n) is 18.5. The van der Waals surface area contributed by atoms with Gasteiger partial charge in [0.15, 0.2) is 0 Å². The van der Waals surface area contributed by atoms with E-state index in [4.69, 9.17) is 9.15 Å². The van der Waals surface area contributed by atoms with Crippen LogP contribution in [-0.4, -0.2) is 35.0 Å². The fraction of sp³-hybridized carbons (Fsp3) is 0.522. The van der Waals surface area contributed by atoms with Gasteiger partial charge in [0.2, 0.25) is 5.91 Å². The largest absolute Gasteiger partial charge is 0.493 e. The summed E-state index contributed by atoms with van der Waals surface area (Å²) >= 11 is 0.957. The summed E-state index contributed by atoms with van der Waals surface area (Å²) in [5.74, 6) is 0.313. The van der Waals surface area contributed by atoms with Gasteiger partial charge in [-0.05, 0) is 37.3 Å². The Labute approximate surface area is 193 Å². The van der Waals surface area contributed by atoms with Gasteiger partial charge in [-0.1, -0.05) is 38.5 Å². The van der Waals surface area contributed by atoms with Crippen LogP contribution in [0.3, 0.4) is 0 Å². The number of halogens is 3. The first-order valence-electron chi connectivity index (χ1n) is 11.0. The molecule has 0 bridgehead atoms. The summed E-state index contributed by atoms with van der Waals surface area (Å²) in [6, 6.07) is 1.89. The van der Waals surface area contributed by atoms with E-state index < -0.39 is 17.4 Å².